The molecule has 1 aromatic carbocycles. The molecule has 1 aliphatic rings. The van der Waals surface area contributed by atoms with Gasteiger partial charge in [-0.3, -0.25) is 4.79 Å². The van der Waals surface area contributed by atoms with E-state index in [2.05, 4.69) is 15.4 Å². The molecular formula is C14H21N3O3S. The van der Waals surface area contributed by atoms with Crippen LogP contribution >= 0.6 is 0 Å². The maximum absolute atomic E-state index is 11.9. The number of rotatable bonds is 6. The molecule has 1 aromatic rings. The molecule has 6 nitrogen and oxygen atoms in total. The first-order chi connectivity index (χ1) is 10.1. The molecule has 0 saturated carbocycles. The minimum absolute atomic E-state index is 0.00964. The van der Waals surface area contributed by atoms with Crippen molar-refractivity contribution >= 4 is 15.9 Å². The van der Waals surface area contributed by atoms with Gasteiger partial charge in [-0.15, -0.1) is 0 Å². The SMILES string of the molecule is O=C(NCCNS(=O)(=O)c1ccccc1)C1CCNCC1. The van der Waals surface area contributed by atoms with Gasteiger partial charge in [-0.05, 0) is 38.1 Å². The molecule has 0 aliphatic carbocycles. The number of sulfonamides is 1. The molecule has 1 aliphatic heterocycles. The first-order valence-corrected chi connectivity index (χ1v) is 8.61. The molecule has 1 fully saturated rings. The van der Waals surface area contributed by atoms with Crippen molar-refractivity contribution in [2.45, 2.75) is 17.7 Å². The summed E-state index contributed by atoms with van der Waals surface area (Å²) in [5.74, 6) is 0.0485. The molecule has 21 heavy (non-hydrogen) atoms. The average molecular weight is 311 g/mol. The van der Waals surface area contributed by atoms with E-state index >= 15 is 0 Å². The van der Waals surface area contributed by atoms with Gasteiger partial charge in [0.2, 0.25) is 15.9 Å². The van der Waals surface area contributed by atoms with Crippen molar-refractivity contribution in [2.75, 3.05) is 26.2 Å². The van der Waals surface area contributed by atoms with E-state index < -0.39 is 10.0 Å². The van der Waals surface area contributed by atoms with Gasteiger partial charge in [0.05, 0.1) is 4.90 Å². The fourth-order valence-corrected chi connectivity index (χ4v) is 3.34. The van der Waals surface area contributed by atoms with Crippen molar-refractivity contribution in [3.8, 4) is 0 Å². The Morgan fingerprint density at radius 2 is 1.81 bits per heavy atom. The Balaban J connectivity index is 1.73. The number of nitrogens with one attached hydrogen (secondary N) is 3. The van der Waals surface area contributed by atoms with Gasteiger partial charge < -0.3 is 10.6 Å². The van der Waals surface area contributed by atoms with Crippen molar-refractivity contribution in [1.29, 1.82) is 0 Å². The second-order valence-corrected chi connectivity index (χ2v) is 6.79. The smallest absolute Gasteiger partial charge is 0.240 e. The molecule has 2 rings (SSSR count). The van der Waals surface area contributed by atoms with Crippen molar-refractivity contribution in [2.24, 2.45) is 5.92 Å². The van der Waals surface area contributed by atoms with Crippen LogP contribution in [0.1, 0.15) is 12.8 Å². The van der Waals surface area contributed by atoms with Crippen LogP contribution in [0, 0.1) is 5.92 Å². The van der Waals surface area contributed by atoms with Crippen LogP contribution in [0.3, 0.4) is 0 Å². The number of benzene rings is 1. The van der Waals surface area contributed by atoms with Gasteiger partial charge in [0.1, 0.15) is 0 Å². The minimum Gasteiger partial charge on any atom is -0.355 e. The van der Waals surface area contributed by atoms with E-state index in [1.807, 2.05) is 0 Å². The second kappa shape index (κ2) is 7.53. The average Bonchev–Trinajstić information content (AvgIpc) is 2.53. The highest BCUT2D eigenvalue weighted by molar-refractivity contribution is 7.89. The highest BCUT2D eigenvalue weighted by atomic mass is 32.2. The van der Waals surface area contributed by atoms with Crippen molar-refractivity contribution < 1.29 is 13.2 Å². The molecule has 0 unspecified atom stereocenters. The summed E-state index contributed by atoms with van der Waals surface area (Å²) < 4.78 is 26.4. The Hall–Kier alpha value is -1.44. The van der Waals surface area contributed by atoms with E-state index in [0.717, 1.165) is 25.9 Å². The van der Waals surface area contributed by atoms with Crippen LogP contribution in [0.25, 0.3) is 0 Å². The Bertz CT molecular complexity index is 554. The third kappa shape index (κ3) is 4.80. The van der Waals surface area contributed by atoms with E-state index in [4.69, 9.17) is 0 Å². The molecule has 0 atom stereocenters. The summed E-state index contributed by atoms with van der Waals surface area (Å²) in [6.07, 6.45) is 1.67. The predicted octanol–water partition coefficient (Wildman–Crippen LogP) is 0.0807. The third-order valence-corrected chi connectivity index (χ3v) is 4.96. The quantitative estimate of drug-likeness (QED) is 0.649. The summed E-state index contributed by atoms with van der Waals surface area (Å²) >= 11 is 0. The van der Waals surface area contributed by atoms with E-state index in [-0.39, 0.29) is 23.3 Å². The molecule has 1 saturated heterocycles. The summed E-state index contributed by atoms with van der Waals surface area (Å²) in [6.45, 7) is 2.21. The number of hydrogen-bond donors (Lipinski definition) is 3. The zero-order chi connectivity index (χ0) is 15.1. The summed E-state index contributed by atoms with van der Waals surface area (Å²) in [4.78, 5) is 12.1. The van der Waals surface area contributed by atoms with Crippen LogP contribution in [0.2, 0.25) is 0 Å². The van der Waals surface area contributed by atoms with Gasteiger partial charge in [-0.1, -0.05) is 18.2 Å². The Kier molecular flexibility index (Phi) is 5.72. The number of carbonyl (C=O) groups excluding carboxylic acids is 1. The summed E-state index contributed by atoms with van der Waals surface area (Å²) in [6, 6.07) is 8.19. The molecule has 0 radical (unpaired) electrons. The van der Waals surface area contributed by atoms with E-state index in [1.165, 1.54) is 12.1 Å². The second-order valence-electron chi connectivity index (χ2n) is 5.03. The summed E-state index contributed by atoms with van der Waals surface area (Å²) in [5, 5.41) is 5.99. The van der Waals surface area contributed by atoms with Crippen molar-refractivity contribution in [1.82, 2.24) is 15.4 Å². The van der Waals surface area contributed by atoms with Crippen LogP contribution in [0.5, 0.6) is 0 Å². The number of carbonyl (C=O) groups is 1. The minimum atomic E-state index is -3.49. The molecule has 3 N–H and O–H groups in total. The first kappa shape index (κ1) is 15.9. The number of amides is 1. The molecule has 116 valence electrons. The summed E-state index contributed by atoms with van der Waals surface area (Å²) in [5.41, 5.74) is 0. The van der Waals surface area contributed by atoms with Crippen molar-refractivity contribution in [3.63, 3.8) is 0 Å². The molecule has 0 spiro atoms. The lowest BCUT2D eigenvalue weighted by molar-refractivity contribution is -0.125. The molecule has 7 heteroatoms. The monoisotopic (exact) mass is 311 g/mol. The van der Waals surface area contributed by atoms with Gasteiger partial charge in [0.15, 0.2) is 0 Å². The lowest BCUT2D eigenvalue weighted by Crippen LogP contribution is -2.41. The lowest BCUT2D eigenvalue weighted by Gasteiger charge is -2.21. The summed E-state index contributed by atoms with van der Waals surface area (Å²) in [7, 11) is -3.49. The van der Waals surface area contributed by atoms with E-state index in [9.17, 15) is 13.2 Å². The highest BCUT2D eigenvalue weighted by Gasteiger charge is 2.20. The first-order valence-electron chi connectivity index (χ1n) is 7.13. The van der Waals surface area contributed by atoms with Gasteiger partial charge in [-0.2, -0.15) is 0 Å². The third-order valence-electron chi connectivity index (χ3n) is 3.48. The molecule has 0 aromatic heterocycles. The maximum atomic E-state index is 11.9. The predicted molar refractivity (Wildman–Crippen MR) is 80.2 cm³/mol. The van der Waals surface area contributed by atoms with Crippen molar-refractivity contribution in [3.05, 3.63) is 30.3 Å². The van der Waals surface area contributed by atoms with Gasteiger partial charge in [0.25, 0.3) is 0 Å². The Morgan fingerprint density at radius 1 is 1.14 bits per heavy atom. The largest absolute Gasteiger partial charge is 0.355 e. The van der Waals surface area contributed by atoms with E-state index in [0.29, 0.717) is 6.54 Å². The molecule has 1 heterocycles. The van der Waals surface area contributed by atoms with Crippen LogP contribution < -0.4 is 15.4 Å². The van der Waals surface area contributed by atoms with Crippen LogP contribution in [0.15, 0.2) is 35.2 Å². The molecular weight excluding hydrogens is 290 g/mol. The fraction of sp³-hybridized carbons (Fsp3) is 0.500. The van der Waals surface area contributed by atoms with Crippen LogP contribution in [-0.4, -0.2) is 40.5 Å². The molecule has 0 bridgehead atoms. The zero-order valence-electron chi connectivity index (χ0n) is 11.8. The standard InChI is InChI=1S/C14H21N3O3S/c18-14(12-6-8-15-9-7-12)16-10-11-17-21(19,20)13-4-2-1-3-5-13/h1-5,12,15,17H,6-11H2,(H,16,18). The zero-order valence-corrected chi connectivity index (χ0v) is 12.7. The van der Waals surface area contributed by atoms with Crippen LogP contribution in [0.4, 0.5) is 0 Å². The molecule has 1 amide bonds. The fourth-order valence-electron chi connectivity index (χ4n) is 2.28. The number of piperidine rings is 1. The highest BCUT2D eigenvalue weighted by Crippen LogP contribution is 2.11. The van der Waals surface area contributed by atoms with E-state index in [1.54, 1.807) is 18.2 Å². The lowest BCUT2D eigenvalue weighted by atomic mass is 9.97. The van der Waals surface area contributed by atoms with Gasteiger partial charge >= 0.3 is 0 Å². The van der Waals surface area contributed by atoms with Gasteiger partial charge in [0, 0.05) is 19.0 Å². The number of hydrogen-bond acceptors (Lipinski definition) is 4. The Labute approximate surface area is 125 Å². The van der Waals surface area contributed by atoms with Crippen LogP contribution in [-0.2, 0) is 14.8 Å². The maximum Gasteiger partial charge on any atom is 0.240 e. The van der Waals surface area contributed by atoms with Gasteiger partial charge in [-0.25, -0.2) is 13.1 Å². The normalized spacial score (nSPS) is 16.6. The Morgan fingerprint density at radius 3 is 2.48 bits per heavy atom. The topological polar surface area (TPSA) is 87.3 Å².